The molecule has 0 amide bonds. The average Bonchev–Trinajstić information content (AvgIpc) is 2.83. The number of benzene rings is 1. The zero-order valence-electron chi connectivity index (χ0n) is 10.8. The molecule has 0 aliphatic carbocycles. The molecule has 0 fully saturated rings. The van der Waals surface area contributed by atoms with Gasteiger partial charge >= 0.3 is 0 Å². The highest BCUT2D eigenvalue weighted by atomic mass is 79.9. The summed E-state index contributed by atoms with van der Waals surface area (Å²) in [6.07, 6.45) is 2.12. The molecule has 19 heavy (non-hydrogen) atoms. The van der Waals surface area contributed by atoms with Crippen molar-refractivity contribution in [2.24, 2.45) is 0 Å². The molecule has 0 saturated carbocycles. The van der Waals surface area contributed by atoms with Gasteiger partial charge in [0, 0.05) is 20.4 Å². The highest BCUT2D eigenvalue weighted by Crippen LogP contribution is 2.31. The summed E-state index contributed by atoms with van der Waals surface area (Å²) >= 11 is 11.4. The van der Waals surface area contributed by atoms with Crippen molar-refractivity contribution in [3.8, 4) is 0 Å². The van der Waals surface area contributed by atoms with Crippen LogP contribution in [-0.2, 0) is 6.42 Å². The van der Waals surface area contributed by atoms with E-state index in [1.54, 1.807) is 11.3 Å². The first-order valence-electron chi connectivity index (χ1n) is 6.41. The second-order valence-corrected chi connectivity index (χ2v) is 6.71. The summed E-state index contributed by atoms with van der Waals surface area (Å²) in [5.74, 6) is 0. The van der Waals surface area contributed by atoms with Gasteiger partial charge in [0.2, 0.25) is 0 Å². The Hall–Kier alpha value is -0.350. The maximum atomic E-state index is 5.94. The van der Waals surface area contributed by atoms with E-state index < -0.39 is 0 Å². The van der Waals surface area contributed by atoms with Crippen molar-refractivity contribution in [3.63, 3.8) is 0 Å². The molecule has 1 aromatic carbocycles. The second-order valence-electron chi connectivity index (χ2n) is 4.47. The van der Waals surface area contributed by atoms with Gasteiger partial charge in [0.25, 0.3) is 0 Å². The molecule has 0 bridgehead atoms. The Kier molecular flexibility index (Phi) is 5.89. The molecule has 1 nitrogen and oxygen atoms in total. The van der Waals surface area contributed by atoms with Gasteiger partial charge in [-0.15, -0.1) is 11.3 Å². The van der Waals surface area contributed by atoms with E-state index in [9.17, 15) is 0 Å². The third kappa shape index (κ3) is 4.32. The molecule has 1 unspecified atom stereocenters. The van der Waals surface area contributed by atoms with E-state index in [2.05, 4.69) is 51.7 Å². The van der Waals surface area contributed by atoms with Crippen molar-refractivity contribution < 1.29 is 0 Å². The lowest BCUT2D eigenvalue weighted by atomic mass is 10.0. The summed E-state index contributed by atoms with van der Waals surface area (Å²) < 4.78 is 1.19. The van der Waals surface area contributed by atoms with Crippen LogP contribution in [0.15, 0.2) is 40.2 Å². The molecule has 1 atom stereocenters. The fourth-order valence-corrected chi connectivity index (χ4v) is 3.84. The molecule has 2 rings (SSSR count). The Morgan fingerprint density at radius 2 is 2.00 bits per heavy atom. The van der Waals surface area contributed by atoms with Gasteiger partial charge in [-0.05, 0) is 64.5 Å². The minimum Gasteiger partial charge on any atom is -0.309 e. The van der Waals surface area contributed by atoms with Gasteiger partial charge in [-0.2, -0.15) is 0 Å². The van der Waals surface area contributed by atoms with Crippen molar-refractivity contribution in [3.05, 3.63) is 55.6 Å². The maximum Gasteiger partial charge on any atom is 0.0467 e. The first kappa shape index (κ1) is 15.0. The molecule has 0 aliphatic heterocycles. The van der Waals surface area contributed by atoms with Crippen LogP contribution in [0.3, 0.4) is 0 Å². The van der Waals surface area contributed by atoms with Crippen molar-refractivity contribution in [1.82, 2.24) is 5.32 Å². The van der Waals surface area contributed by atoms with Crippen LogP contribution in [0, 0.1) is 0 Å². The van der Waals surface area contributed by atoms with E-state index in [-0.39, 0.29) is 0 Å². The zero-order valence-corrected chi connectivity index (χ0v) is 14.0. The highest BCUT2D eigenvalue weighted by Gasteiger charge is 2.15. The Morgan fingerprint density at radius 3 is 2.58 bits per heavy atom. The van der Waals surface area contributed by atoms with Crippen LogP contribution >= 0.6 is 38.9 Å². The monoisotopic (exact) mass is 357 g/mol. The second kappa shape index (κ2) is 7.44. The lowest BCUT2D eigenvalue weighted by Crippen LogP contribution is -2.23. The average molecular weight is 359 g/mol. The summed E-state index contributed by atoms with van der Waals surface area (Å²) in [6, 6.07) is 10.6. The molecule has 1 aromatic heterocycles. The van der Waals surface area contributed by atoms with E-state index in [0.29, 0.717) is 6.04 Å². The van der Waals surface area contributed by atoms with Crippen molar-refractivity contribution >= 4 is 38.9 Å². The minimum atomic E-state index is 0.357. The molecule has 102 valence electrons. The summed E-state index contributed by atoms with van der Waals surface area (Å²) in [5, 5.41) is 6.54. The topological polar surface area (TPSA) is 12.0 Å². The van der Waals surface area contributed by atoms with Crippen LogP contribution in [0.4, 0.5) is 0 Å². The van der Waals surface area contributed by atoms with Crippen LogP contribution in [-0.4, -0.2) is 6.54 Å². The third-order valence-corrected chi connectivity index (χ3v) is 5.19. The van der Waals surface area contributed by atoms with E-state index in [1.807, 2.05) is 12.1 Å². The third-order valence-electron chi connectivity index (χ3n) is 2.96. The molecule has 2 aromatic rings. The fourth-order valence-electron chi connectivity index (χ4n) is 1.99. The first-order chi connectivity index (χ1) is 9.20. The number of hydrogen-bond acceptors (Lipinski definition) is 2. The zero-order chi connectivity index (χ0) is 13.7. The fraction of sp³-hybridized carbons (Fsp3) is 0.333. The van der Waals surface area contributed by atoms with Crippen LogP contribution in [0.2, 0.25) is 5.02 Å². The summed E-state index contributed by atoms with van der Waals surface area (Å²) in [5.41, 5.74) is 1.30. The quantitative estimate of drug-likeness (QED) is 0.724. The van der Waals surface area contributed by atoms with E-state index in [0.717, 1.165) is 24.4 Å². The van der Waals surface area contributed by atoms with Gasteiger partial charge in [0.1, 0.15) is 0 Å². The van der Waals surface area contributed by atoms with Gasteiger partial charge in [0.05, 0.1) is 0 Å². The smallest absolute Gasteiger partial charge is 0.0467 e. The highest BCUT2D eigenvalue weighted by molar-refractivity contribution is 9.10. The van der Waals surface area contributed by atoms with Crippen LogP contribution in [0.5, 0.6) is 0 Å². The summed E-state index contributed by atoms with van der Waals surface area (Å²) in [7, 11) is 0. The summed E-state index contributed by atoms with van der Waals surface area (Å²) in [6.45, 7) is 3.22. The van der Waals surface area contributed by atoms with Crippen LogP contribution in [0.1, 0.15) is 29.8 Å². The van der Waals surface area contributed by atoms with Crippen LogP contribution in [0.25, 0.3) is 0 Å². The van der Waals surface area contributed by atoms with Crippen molar-refractivity contribution in [2.75, 3.05) is 6.54 Å². The standard InChI is InChI=1S/C15H17BrClNS/c1-2-8-18-14(15-13(16)7-9-19-15)10-11-3-5-12(17)6-4-11/h3-7,9,14,18H,2,8,10H2,1H3. The Labute approximate surface area is 132 Å². The van der Waals surface area contributed by atoms with Crippen molar-refractivity contribution in [2.45, 2.75) is 25.8 Å². The largest absolute Gasteiger partial charge is 0.309 e. The number of rotatable bonds is 6. The molecule has 0 radical (unpaired) electrons. The van der Waals surface area contributed by atoms with Gasteiger partial charge in [-0.3, -0.25) is 0 Å². The van der Waals surface area contributed by atoms with Gasteiger partial charge in [-0.25, -0.2) is 0 Å². The molecular weight excluding hydrogens is 342 g/mol. The van der Waals surface area contributed by atoms with Gasteiger partial charge in [-0.1, -0.05) is 30.7 Å². The number of nitrogens with one attached hydrogen (secondary N) is 1. The molecule has 1 N–H and O–H groups in total. The molecule has 0 spiro atoms. The van der Waals surface area contributed by atoms with Crippen LogP contribution < -0.4 is 5.32 Å². The molecule has 4 heteroatoms. The Morgan fingerprint density at radius 1 is 1.26 bits per heavy atom. The van der Waals surface area contributed by atoms with Crippen molar-refractivity contribution in [1.29, 1.82) is 0 Å². The Balaban J connectivity index is 2.14. The molecule has 1 heterocycles. The van der Waals surface area contributed by atoms with Gasteiger partial charge in [0.15, 0.2) is 0 Å². The SMILES string of the molecule is CCCNC(Cc1ccc(Cl)cc1)c1sccc1Br. The number of thiophene rings is 1. The lowest BCUT2D eigenvalue weighted by Gasteiger charge is -2.18. The molecular formula is C15H17BrClNS. The Bertz CT molecular complexity index is 509. The molecule has 0 saturated heterocycles. The molecule has 0 aliphatic rings. The van der Waals surface area contributed by atoms with E-state index >= 15 is 0 Å². The first-order valence-corrected chi connectivity index (χ1v) is 8.46. The predicted octanol–water partition coefficient (Wildman–Crippen LogP) is 5.45. The number of hydrogen-bond donors (Lipinski definition) is 1. The van der Waals surface area contributed by atoms with E-state index in [1.165, 1.54) is 14.9 Å². The number of halogens is 2. The minimum absolute atomic E-state index is 0.357. The van der Waals surface area contributed by atoms with Gasteiger partial charge < -0.3 is 5.32 Å². The van der Waals surface area contributed by atoms with E-state index in [4.69, 9.17) is 11.6 Å². The summed E-state index contributed by atoms with van der Waals surface area (Å²) in [4.78, 5) is 1.36. The normalized spacial score (nSPS) is 12.6. The maximum absolute atomic E-state index is 5.94. The lowest BCUT2D eigenvalue weighted by molar-refractivity contribution is 0.535. The predicted molar refractivity (Wildman–Crippen MR) is 88.2 cm³/mol.